The maximum Gasteiger partial charge on any atom is 0.258 e. The van der Waals surface area contributed by atoms with Gasteiger partial charge in [0.25, 0.3) is 5.91 Å². The number of aromatic hydroxyl groups is 2. The summed E-state index contributed by atoms with van der Waals surface area (Å²) < 4.78 is 19.9. The van der Waals surface area contributed by atoms with Gasteiger partial charge in [0.05, 0.1) is 81.8 Å². The lowest BCUT2D eigenvalue weighted by Crippen LogP contribution is -2.53. The molecule has 0 saturated carbocycles. The van der Waals surface area contributed by atoms with Crippen LogP contribution in [0.15, 0.2) is 71.8 Å². The van der Waals surface area contributed by atoms with Crippen LogP contribution in [0.2, 0.25) is 0 Å². The summed E-state index contributed by atoms with van der Waals surface area (Å²) in [4.78, 5) is 85.6. The van der Waals surface area contributed by atoms with E-state index in [-0.39, 0.29) is 64.4 Å². The van der Waals surface area contributed by atoms with Crippen molar-refractivity contribution in [2.45, 2.75) is 82.3 Å². The number of carbonyl (C=O) groups is 4. The minimum atomic E-state index is -2.24. The van der Waals surface area contributed by atoms with E-state index in [9.17, 15) is 49.5 Å². The molecule has 6 heterocycles. The standard InChI is InChI=1S/C27H27N7O2S.C27H29NO11.ClH/c1-17-14-29-18(15-28-17)16-30-26(36)23-24(35)19-8-9-22(33-11-5-10-32(2)12-13-33)31-25(19)34-20-6-3-4-7-21(20)37-27(23)34;1-10-22(31)13(28)6-17(38-10)39-15-8-27(36,16(30)9-29)7-12-19(15)26(35)21-20(24(12)33)23(32)11-4-3-5-14(37-2)18(11)25(21)34;/h3-4,6-9,14-15H,5,10-13,16H2,1-2H3,(H,30,36);3-5,10,13,15,17,22,29,31,33,35-36H,6-9,28H2,1-2H3;1H. The summed E-state index contributed by atoms with van der Waals surface area (Å²) in [5.74, 6) is -3.36. The first kappa shape index (κ1) is 54.8. The Kier molecular flexibility index (Phi) is 15.5. The van der Waals surface area contributed by atoms with Crippen LogP contribution < -0.4 is 26.1 Å². The number of nitrogens with zero attached hydrogens (tertiary/aromatic N) is 6. The molecule has 4 aliphatic rings. The smallest absolute Gasteiger partial charge is 0.258 e. The third-order valence-corrected chi connectivity index (χ3v) is 15.8. The highest BCUT2D eigenvalue weighted by Crippen LogP contribution is 2.52. The van der Waals surface area contributed by atoms with Crippen LogP contribution in [-0.4, -0.2) is 150 Å². The minimum absolute atomic E-state index is 0. The van der Waals surface area contributed by atoms with E-state index in [1.807, 2.05) is 47.7 Å². The molecule has 11 rings (SSSR count). The van der Waals surface area contributed by atoms with Gasteiger partial charge in [0, 0.05) is 67.8 Å². The van der Waals surface area contributed by atoms with Crippen molar-refractivity contribution in [3.05, 3.63) is 128 Å². The summed E-state index contributed by atoms with van der Waals surface area (Å²) in [5, 5.41) is 57.0. The second-order valence-electron chi connectivity index (χ2n) is 19.6. The number of halogens is 1. The zero-order chi connectivity index (χ0) is 53.9. The second-order valence-corrected chi connectivity index (χ2v) is 20.6. The normalized spacial score (nSPS) is 22.3. The Morgan fingerprint density at radius 2 is 1.73 bits per heavy atom. The molecule has 77 heavy (non-hydrogen) atoms. The highest BCUT2D eigenvalue weighted by Gasteiger charge is 2.50. The molecular formula is C54H57ClN8O13S. The van der Waals surface area contributed by atoms with Gasteiger partial charge in [-0.25, -0.2) is 4.98 Å². The van der Waals surface area contributed by atoms with Gasteiger partial charge in [-0.2, -0.15) is 0 Å². The zero-order valence-corrected chi connectivity index (χ0v) is 44.0. The zero-order valence-electron chi connectivity index (χ0n) is 42.4. The number of pyridine rings is 2. The number of phenols is 2. The number of aryl methyl sites for hydroxylation is 1. The van der Waals surface area contributed by atoms with Crippen LogP contribution in [0.25, 0.3) is 26.1 Å². The number of ketones is 3. The SMILES string of the molecule is COc1cccc2c1C(=O)c1c(O)c3c(c(O)c1C2=O)CC(O)(C(=O)CO)CC3OC1CC(N)C(O)C(C)O1.Cc1cnc(CNC(=O)c2c(=O)c3ccc(N4CCCN(C)CC4)nc3n3c2sc2ccccc23)cn1.Cl. The number of amides is 1. The quantitative estimate of drug-likeness (QED) is 0.101. The summed E-state index contributed by atoms with van der Waals surface area (Å²) in [6.07, 6.45) is -0.786. The molecular weight excluding hydrogens is 1040 g/mol. The van der Waals surface area contributed by atoms with Gasteiger partial charge in [0.2, 0.25) is 11.2 Å². The number of nitrogens with two attached hydrogens (primary N) is 1. The van der Waals surface area contributed by atoms with Gasteiger partial charge in [-0.05, 0) is 64.2 Å². The summed E-state index contributed by atoms with van der Waals surface area (Å²) >= 11 is 1.43. The number of anilines is 1. The molecule has 0 radical (unpaired) electrons. The van der Waals surface area contributed by atoms with Gasteiger partial charge in [-0.1, -0.05) is 24.3 Å². The summed E-state index contributed by atoms with van der Waals surface area (Å²) in [6.45, 7) is 6.39. The number of likely N-dealkylation sites (N-methyl/N-ethyl adjacent to an activating group) is 1. The van der Waals surface area contributed by atoms with E-state index in [2.05, 4.69) is 32.1 Å². The number of fused-ring (bicyclic) bond motifs is 8. The van der Waals surface area contributed by atoms with E-state index < -0.39 is 102 Å². The van der Waals surface area contributed by atoms with Gasteiger partial charge in [0.1, 0.15) is 45.7 Å². The fourth-order valence-electron chi connectivity index (χ4n) is 10.6. The monoisotopic (exact) mass is 1090 g/mol. The fourth-order valence-corrected chi connectivity index (χ4v) is 11.7. The molecule has 23 heteroatoms. The van der Waals surface area contributed by atoms with Crippen molar-refractivity contribution in [1.82, 2.24) is 29.6 Å². The fraction of sp³-hybridized carbons (Fsp3) is 0.370. The van der Waals surface area contributed by atoms with Crippen LogP contribution in [0, 0.1) is 6.92 Å². The van der Waals surface area contributed by atoms with Crippen molar-refractivity contribution in [1.29, 1.82) is 0 Å². The van der Waals surface area contributed by atoms with Crippen molar-refractivity contribution in [3.63, 3.8) is 0 Å². The van der Waals surface area contributed by atoms with Gasteiger partial charge in [0.15, 0.2) is 23.5 Å². The van der Waals surface area contributed by atoms with E-state index in [0.717, 1.165) is 54.3 Å². The number of rotatable bonds is 9. The molecule has 404 valence electrons. The lowest BCUT2D eigenvalue weighted by atomic mass is 9.72. The van der Waals surface area contributed by atoms with Crippen molar-refractivity contribution in [2.24, 2.45) is 5.73 Å². The predicted molar refractivity (Wildman–Crippen MR) is 286 cm³/mol. The highest BCUT2D eigenvalue weighted by atomic mass is 35.5. The van der Waals surface area contributed by atoms with Gasteiger partial charge >= 0.3 is 0 Å². The molecule has 2 aliphatic heterocycles. The van der Waals surface area contributed by atoms with Crippen LogP contribution >= 0.6 is 23.7 Å². The molecule has 8 N–H and O–H groups in total. The number of Topliss-reactive ketones (excluding diaryl/α,β-unsaturated/α-hetero) is 1. The largest absolute Gasteiger partial charge is 0.507 e. The Bertz CT molecular complexity index is 3550. The van der Waals surface area contributed by atoms with Crippen molar-refractivity contribution >= 4 is 78.9 Å². The van der Waals surface area contributed by atoms with Gasteiger partial charge < -0.3 is 60.6 Å². The number of phenolic OH excluding ortho intramolecular Hbond substituents is 2. The van der Waals surface area contributed by atoms with Gasteiger partial charge in [-0.15, -0.1) is 23.7 Å². The van der Waals surface area contributed by atoms with Crippen molar-refractivity contribution in [3.8, 4) is 17.2 Å². The maximum absolute atomic E-state index is 13.7. The Morgan fingerprint density at radius 1 is 0.961 bits per heavy atom. The molecule has 2 fully saturated rings. The van der Waals surface area contributed by atoms with E-state index in [1.54, 1.807) is 19.3 Å². The molecule has 4 aromatic heterocycles. The average molecular weight is 1090 g/mol. The Balaban J connectivity index is 0.000000185. The van der Waals surface area contributed by atoms with E-state index in [4.69, 9.17) is 24.9 Å². The molecule has 1 amide bonds. The number of ether oxygens (including phenoxy) is 3. The molecule has 3 aromatic carbocycles. The molecule has 6 unspecified atom stereocenters. The highest BCUT2D eigenvalue weighted by molar-refractivity contribution is 7.24. The van der Waals surface area contributed by atoms with E-state index in [1.165, 1.54) is 36.6 Å². The van der Waals surface area contributed by atoms with Crippen LogP contribution in [-0.2, 0) is 27.2 Å². The van der Waals surface area contributed by atoms with E-state index in [0.29, 0.717) is 21.6 Å². The summed E-state index contributed by atoms with van der Waals surface area (Å²) in [7, 11) is 3.46. The molecule has 0 bridgehead atoms. The number of hydrogen-bond acceptors (Lipinski definition) is 20. The van der Waals surface area contributed by atoms with Crippen molar-refractivity contribution in [2.75, 3.05) is 51.8 Å². The number of methoxy groups -OCH3 is 1. The first-order valence-electron chi connectivity index (χ1n) is 24.8. The second kappa shape index (κ2) is 21.8. The average Bonchev–Trinajstić information content (AvgIpc) is 3.75. The summed E-state index contributed by atoms with van der Waals surface area (Å²) in [6, 6.07) is 15.3. The minimum Gasteiger partial charge on any atom is -0.507 e. The lowest BCUT2D eigenvalue weighted by Gasteiger charge is -2.42. The first-order chi connectivity index (χ1) is 36.4. The number of para-hydroxylation sites is 1. The number of aromatic nitrogens is 4. The van der Waals surface area contributed by atoms with Crippen molar-refractivity contribution < 1.29 is 58.9 Å². The molecule has 2 aliphatic carbocycles. The Hall–Kier alpha value is -6.99. The number of aliphatic hydroxyl groups is 3. The van der Waals surface area contributed by atoms with Crippen LogP contribution in [0.4, 0.5) is 5.82 Å². The topological polar surface area (TPSA) is 302 Å². The molecule has 0 spiro atoms. The van der Waals surface area contributed by atoms with Crippen LogP contribution in [0.5, 0.6) is 17.2 Å². The van der Waals surface area contributed by atoms with Crippen LogP contribution in [0.1, 0.15) is 97.0 Å². The Labute approximate surface area is 450 Å². The number of thiazole rings is 1. The van der Waals surface area contributed by atoms with Crippen LogP contribution in [0.3, 0.4) is 0 Å². The maximum atomic E-state index is 13.7. The number of carbonyl (C=O) groups excluding carboxylic acids is 4. The van der Waals surface area contributed by atoms with E-state index >= 15 is 0 Å². The predicted octanol–water partition coefficient (Wildman–Crippen LogP) is 3.66. The number of aliphatic hydroxyl groups excluding tert-OH is 2. The molecule has 2 saturated heterocycles. The Morgan fingerprint density at radius 3 is 2.45 bits per heavy atom. The first-order valence-corrected chi connectivity index (χ1v) is 25.6. The third kappa shape index (κ3) is 9.89. The third-order valence-electron chi connectivity index (χ3n) is 14.6. The number of nitrogens with one attached hydrogen (secondary N) is 1. The molecule has 7 aromatic rings. The van der Waals surface area contributed by atoms with Gasteiger partial charge in [-0.3, -0.25) is 38.3 Å². The summed E-state index contributed by atoms with van der Waals surface area (Å²) in [5.41, 5.74) is 5.11. The lowest BCUT2D eigenvalue weighted by molar-refractivity contribution is -0.247. The molecule has 6 atom stereocenters. The number of benzene rings is 3. The number of hydrogen-bond donors (Lipinski definition) is 7. The molecule has 21 nitrogen and oxygen atoms in total.